The van der Waals surface area contributed by atoms with E-state index in [4.69, 9.17) is 4.74 Å². The van der Waals surface area contributed by atoms with Gasteiger partial charge in [-0.1, -0.05) is 13.8 Å². The second kappa shape index (κ2) is 7.53. The summed E-state index contributed by atoms with van der Waals surface area (Å²) in [6, 6.07) is 6.59. The van der Waals surface area contributed by atoms with Gasteiger partial charge in [-0.05, 0) is 37.1 Å². The molecule has 110 valence electrons. The molecule has 5 heteroatoms. The summed E-state index contributed by atoms with van der Waals surface area (Å²) in [6.45, 7) is 7.69. The Bertz CT molecular complexity index is 455. The van der Waals surface area contributed by atoms with Gasteiger partial charge >= 0.3 is 0 Å². The molecule has 1 atom stereocenters. The minimum Gasteiger partial charge on any atom is -0.494 e. The maximum Gasteiger partial charge on any atom is 0.247 e. The third-order valence-electron chi connectivity index (χ3n) is 2.74. The van der Waals surface area contributed by atoms with Crippen molar-refractivity contribution in [2.24, 2.45) is 5.92 Å². The average Bonchev–Trinajstić information content (AvgIpc) is 2.38. The molecule has 0 aliphatic rings. The first-order valence-corrected chi connectivity index (χ1v) is 6.74. The van der Waals surface area contributed by atoms with Crippen LogP contribution in [0.25, 0.3) is 0 Å². The second-order valence-corrected chi connectivity index (χ2v) is 4.87. The lowest BCUT2D eigenvalue weighted by atomic mass is 10.0. The lowest BCUT2D eigenvalue weighted by molar-refractivity contribution is -0.126. The molecule has 0 fully saturated rings. The third-order valence-corrected chi connectivity index (χ3v) is 2.74. The summed E-state index contributed by atoms with van der Waals surface area (Å²) >= 11 is 0. The number of carbonyl (C=O) groups is 2. The minimum atomic E-state index is -0.543. The molecule has 0 aliphatic heterocycles. The fraction of sp³-hybridized carbons (Fsp3) is 0.467. The molecular formula is C15H22N2O3. The SMILES string of the molecule is CCOc1ccc(NC(=O)[C@@H](NC(C)=O)C(C)C)cc1. The largest absolute Gasteiger partial charge is 0.494 e. The highest BCUT2D eigenvalue weighted by Gasteiger charge is 2.22. The summed E-state index contributed by atoms with van der Waals surface area (Å²) in [4.78, 5) is 23.3. The molecule has 0 heterocycles. The summed E-state index contributed by atoms with van der Waals surface area (Å²) in [6.07, 6.45) is 0. The number of hydrogen-bond donors (Lipinski definition) is 2. The molecule has 0 unspecified atom stereocenters. The standard InChI is InChI=1S/C15H22N2O3/c1-5-20-13-8-6-12(7-9-13)17-15(19)14(10(2)3)16-11(4)18/h6-10,14H,5H2,1-4H3,(H,16,18)(H,17,19)/t14-/m0/s1. The molecule has 0 aliphatic carbocycles. The number of anilines is 1. The Morgan fingerprint density at radius 1 is 1.20 bits per heavy atom. The van der Waals surface area contributed by atoms with Crippen LogP contribution in [0, 0.1) is 5.92 Å². The number of rotatable bonds is 6. The van der Waals surface area contributed by atoms with Gasteiger partial charge in [0.05, 0.1) is 6.61 Å². The van der Waals surface area contributed by atoms with Crippen LogP contribution >= 0.6 is 0 Å². The lowest BCUT2D eigenvalue weighted by Crippen LogP contribution is -2.46. The van der Waals surface area contributed by atoms with E-state index in [1.807, 2.05) is 20.8 Å². The molecule has 0 bridgehead atoms. The van der Waals surface area contributed by atoms with Crippen molar-refractivity contribution < 1.29 is 14.3 Å². The highest BCUT2D eigenvalue weighted by molar-refractivity contribution is 5.97. The van der Waals surface area contributed by atoms with Crippen molar-refractivity contribution in [3.63, 3.8) is 0 Å². The molecular weight excluding hydrogens is 256 g/mol. The van der Waals surface area contributed by atoms with Crippen molar-refractivity contribution in [3.05, 3.63) is 24.3 Å². The van der Waals surface area contributed by atoms with Gasteiger partial charge in [-0.3, -0.25) is 9.59 Å². The molecule has 20 heavy (non-hydrogen) atoms. The first-order valence-electron chi connectivity index (χ1n) is 6.74. The fourth-order valence-corrected chi connectivity index (χ4v) is 1.78. The van der Waals surface area contributed by atoms with Crippen molar-refractivity contribution >= 4 is 17.5 Å². The number of nitrogens with one attached hydrogen (secondary N) is 2. The summed E-state index contributed by atoms with van der Waals surface area (Å²) in [5.74, 6) is 0.333. The van der Waals surface area contributed by atoms with Gasteiger partial charge in [0.1, 0.15) is 11.8 Å². The number of ether oxygens (including phenoxy) is 1. The van der Waals surface area contributed by atoms with Crippen LogP contribution in [0.3, 0.4) is 0 Å². The molecule has 0 aromatic heterocycles. The van der Waals surface area contributed by atoms with E-state index in [-0.39, 0.29) is 17.7 Å². The summed E-state index contributed by atoms with van der Waals surface area (Å²) in [7, 11) is 0. The first kappa shape index (κ1) is 16.0. The first-order chi connectivity index (χ1) is 9.43. The maximum absolute atomic E-state index is 12.1. The van der Waals surface area contributed by atoms with Crippen LogP contribution in [0.2, 0.25) is 0 Å². The van der Waals surface area contributed by atoms with Gasteiger partial charge in [0, 0.05) is 12.6 Å². The predicted molar refractivity (Wildman–Crippen MR) is 78.7 cm³/mol. The quantitative estimate of drug-likeness (QED) is 0.838. The number of hydrogen-bond acceptors (Lipinski definition) is 3. The number of carbonyl (C=O) groups excluding carboxylic acids is 2. The van der Waals surface area contributed by atoms with Gasteiger partial charge in [0.15, 0.2) is 0 Å². The third kappa shape index (κ3) is 4.91. The van der Waals surface area contributed by atoms with Gasteiger partial charge in [-0.25, -0.2) is 0 Å². The Balaban J connectivity index is 2.69. The van der Waals surface area contributed by atoms with Gasteiger partial charge in [-0.15, -0.1) is 0 Å². The van der Waals surface area contributed by atoms with Gasteiger partial charge in [0.25, 0.3) is 0 Å². The Morgan fingerprint density at radius 3 is 2.25 bits per heavy atom. The van der Waals surface area contributed by atoms with Crippen LogP contribution in [0.15, 0.2) is 24.3 Å². The molecule has 0 saturated heterocycles. The van der Waals surface area contributed by atoms with Crippen LogP contribution in [0.5, 0.6) is 5.75 Å². The van der Waals surface area contributed by atoms with E-state index in [9.17, 15) is 9.59 Å². The highest BCUT2D eigenvalue weighted by Crippen LogP contribution is 2.16. The zero-order valence-corrected chi connectivity index (χ0v) is 12.4. The fourth-order valence-electron chi connectivity index (χ4n) is 1.78. The summed E-state index contributed by atoms with van der Waals surface area (Å²) < 4.78 is 5.33. The zero-order chi connectivity index (χ0) is 15.1. The average molecular weight is 278 g/mol. The van der Waals surface area contributed by atoms with E-state index < -0.39 is 6.04 Å². The van der Waals surface area contributed by atoms with Gasteiger partial charge < -0.3 is 15.4 Å². The van der Waals surface area contributed by atoms with E-state index in [1.165, 1.54) is 6.92 Å². The van der Waals surface area contributed by atoms with Crippen LogP contribution in [-0.2, 0) is 9.59 Å². The Kier molecular flexibility index (Phi) is 6.03. The van der Waals surface area contributed by atoms with Crippen molar-refractivity contribution in [1.29, 1.82) is 0 Å². The van der Waals surface area contributed by atoms with Gasteiger partial charge in [0.2, 0.25) is 11.8 Å². The predicted octanol–water partition coefficient (Wildman–Crippen LogP) is 2.18. The van der Waals surface area contributed by atoms with Crippen molar-refractivity contribution in [1.82, 2.24) is 5.32 Å². The van der Waals surface area contributed by atoms with E-state index in [0.29, 0.717) is 12.3 Å². The molecule has 2 N–H and O–H groups in total. The molecule has 1 aromatic carbocycles. The molecule has 5 nitrogen and oxygen atoms in total. The van der Waals surface area contributed by atoms with Crippen LogP contribution in [0.4, 0.5) is 5.69 Å². The summed E-state index contributed by atoms with van der Waals surface area (Å²) in [5.41, 5.74) is 0.675. The van der Waals surface area contributed by atoms with Gasteiger partial charge in [-0.2, -0.15) is 0 Å². The number of amides is 2. The molecule has 0 spiro atoms. The minimum absolute atomic E-state index is 0.0154. The van der Waals surface area contributed by atoms with Crippen LogP contribution < -0.4 is 15.4 Å². The van der Waals surface area contributed by atoms with E-state index in [0.717, 1.165) is 5.75 Å². The van der Waals surface area contributed by atoms with E-state index >= 15 is 0 Å². The van der Waals surface area contributed by atoms with E-state index in [1.54, 1.807) is 24.3 Å². The molecule has 1 rings (SSSR count). The highest BCUT2D eigenvalue weighted by atomic mass is 16.5. The smallest absolute Gasteiger partial charge is 0.247 e. The molecule has 0 radical (unpaired) electrons. The topological polar surface area (TPSA) is 67.4 Å². The van der Waals surface area contributed by atoms with Crippen molar-refractivity contribution in [2.75, 3.05) is 11.9 Å². The van der Waals surface area contributed by atoms with Crippen molar-refractivity contribution in [2.45, 2.75) is 33.7 Å². The number of benzene rings is 1. The Morgan fingerprint density at radius 2 is 1.80 bits per heavy atom. The Hall–Kier alpha value is -2.04. The monoisotopic (exact) mass is 278 g/mol. The normalized spacial score (nSPS) is 11.8. The Labute approximate surface area is 119 Å². The van der Waals surface area contributed by atoms with Crippen LogP contribution in [-0.4, -0.2) is 24.5 Å². The maximum atomic E-state index is 12.1. The molecule has 2 amide bonds. The second-order valence-electron chi connectivity index (χ2n) is 4.87. The summed E-state index contributed by atoms with van der Waals surface area (Å²) in [5, 5.41) is 5.44. The van der Waals surface area contributed by atoms with E-state index in [2.05, 4.69) is 10.6 Å². The molecule has 0 saturated carbocycles. The zero-order valence-electron chi connectivity index (χ0n) is 12.4. The van der Waals surface area contributed by atoms with Crippen molar-refractivity contribution in [3.8, 4) is 5.75 Å². The van der Waals surface area contributed by atoms with Crippen LogP contribution in [0.1, 0.15) is 27.7 Å². The molecule has 1 aromatic rings. The lowest BCUT2D eigenvalue weighted by Gasteiger charge is -2.21.